The van der Waals surface area contributed by atoms with Gasteiger partial charge in [-0.1, -0.05) is 24.3 Å². The van der Waals surface area contributed by atoms with E-state index in [1.807, 2.05) is 36.4 Å². The van der Waals surface area contributed by atoms with E-state index in [1.54, 1.807) is 0 Å². The highest BCUT2D eigenvalue weighted by molar-refractivity contribution is 6.18. The smallest absolute Gasteiger partial charge is 0.196 e. The molecule has 0 amide bonds. The Hall–Kier alpha value is -2.68. The van der Waals surface area contributed by atoms with E-state index >= 15 is 0 Å². The van der Waals surface area contributed by atoms with Gasteiger partial charge in [0.1, 0.15) is 11.2 Å². The van der Waals surface area contributed by atoms with Crippen LogP contribution in [0.2, 0.25) is 0 Å². The Morgan fingerprint density at radius 2 is 1.11 bits per heavy atom. The van der Waals surface area contributed by atoms with Gasteiger partial charge in [0.2, 0.25) is 0 Å². The van der Waals surface area contributed by atoms with Gasteiger partial charge < -0.3 is 13.8 Å². The molecule has 3 heterocycles. The molecule has 0 saturated carbocycles. The molecular formula is C16H9NO2. The summed E-state index contributed by atoms with van der Waals surface area (Å²) in [4.78, 5) is 3.44. The third-order valence-corrected chi connectivity index (χ3v) is 3.65. The number of fused-ring (bicyclic) bond motifs is 7. The lowest BCUT2D eigenvalue weighted by Crippen LogP contribution is -1.67. The van der Waals surface area contributed by atoms with Gasteiger partial charge in [-0.05, 0) is 24.3 Å². The molecule has 0 unspecified atom stereocenters. The number of rotatable bonds is 0. The average molecular weight is 247 g/mol. The van der Waals surface area contributed by atoms with Crippen LogP contribution in [0, 0.1) is 0 Å². The van der Waals surface area contributed by atoms with E-state index in [1.165, 1.54) is 0 Å². The minimum absolute atomic E-state index is 0.799. The number of para-hydroxylation sites is 2. The van der Waals surface area contributed by atoms with Gasteiger partial charge in [0.15, 0.2) is 11.2 Å². The molecule has 3 nitrogen and oxygen atoms in total. The molecule has 0 aliphatic heterocycles. The fraction of sp³-hybridized carbons (Fsp3) is 0. The van der Waals surface area contributed by atoms with Gasteiger partial charge in [0, 0.05) is 10.8 Å². The van der Waals surface area contributed by atoms with Crippen molar-refractivity contribution in [3.05, 3.63) is 48.5 Å². The minimum Gasteiger partial charge on any atom is -0.450 e. The molecule has 0 atom stereocenters. The molecule has 19 heavy (non-hydrogen) atoms. The minimum atomic E-state index is 0.799. The van der Waals surface area contributed by atoms with Crippen LogP contribution in [-0.4, -0.2) is 4.98 Å². The molecule has 0 aliphatic carbocycles. The zero-order chi connectivity index (χ0) is 12.4. The van der Waals surface area contributed by atoms with E-state index < -0.39 is 0 Å². The molecule has 0 aliphatic rings. The summed E-state index contributed by atoms with van der Waals surface area (Å²) in [5.41, 5.74) is 5.38. The van der Waals surface area contributed by atoms with Crippen LogP contribution >= 0.6 is 0 Å². The maximum absolute atomic E-state index is 5.91. The molecular weight excluding hydrogens is 238 g/mol. The van der Waals surface area contributed by atoms with Crippen molar-refractivity contribution in [2.45, 2.75) is 0 Å². The number of aromatic nitrogens is 1. The van der Waals surface area contributed by atoms with Gasteiger partial charge in [0.25, 0.3) is 0 Å². The number of hydrogen-bond donors (Lipinski definition) is 1. The summed E-state index contributed by atoms with van der Waals surface area (Å²) in [5.74, 6) is 0. The fourth-order valence-electron chi connectivity index (χ4n) is 2.78. The average Bonchev–Trinajstić information content (AvgIpc) is 3.07. The van der Waals surface area contributed by atoms with Crippen molar-refractivity contribution in [1.29, 1.82) is 0 Å². The molecule has 0 fully saturated rings. The Morgan fingerprint density at radius 1 is 0.632 bits per heavy atom. The Kier molecular flexibility index (Phi) is 1.47. The standard InChI is InChI=1S/C16H9NO2/c1-3-7-11-9(5-1)13-15(18-11)16-14(17-13)10-6-2-4-8-12(10)19-16/h1-8,17H. The van der Waals surface area contributed by atoms with Gasteiger partial charge in [-0.3, -0.25) is 0 Å². The molecule has 0 radical (unpaired) electrons. The van der Waals surface area contributed by atoms with Crippen LogP contribution in [0.5, 0.6) is 0 Å². The van der Waals surface area contributed by atoms with Crippen LogP contribution in [0.15, 0.2) is 57.4 Å². The van der Waals surface area contributed by atoms with Crippen LogP contribution < -0.4 is 0 Å². The second-order valence-corrected chi connectivity index (χ2v) is 4.73. The van der Waals surface area contributed by atoms with Crippen molar-refractivity contribution < 1.29 is 8.83 Å². The largest absolute Gasteiger partial charge is 0.450 e. The predicted molar refractivity (Wildman–Crippen MR) is 75.3 cm³/mol. The molecule has 0 saturated heterocycles. The molecule has 3 heteroatoms. The summed E-state index contributed by atoms with van der Waals surface area (Å²) in [7, 11) is 0. The third kappa shape index (κ3) is 1.03. The van der Waals surface area contributed by atoms with Crippen LogP contribution in [0.3, 0.4) is 0 Å². The van der Waals surface area contributed by atoms with E-state index in [-0.39, 0.29) is 0 Å². The normalized spacial score (nSPS) is 12.2. The molecule has 2 aromatic carbocycles. The zero-order valence-electron chi connectivity index (χ0n) is 9.94. The molecule has 0 spiro atoms. The number of hydrogen-bond acceptors (Lipinski definition) is 2. The molecule has 90 valence electrons. The second kappa shape index (κ2) is 3.01. The van der Waals surface area contributed by atoms with Crippen molar-refractivity contribution in [2.75, 3.05) is 0 Å². The van der Waals surface area contributed by atoms with Gasteiger partial charge in [-0.15, -0.1) is 0 Å². The highest BCUT2D eigenvalue weighted by Gasteiger charge is 2.18. The van der Waals surface area contributed by atoms with Gasteiger partial charge in [-0.25, -0.2) is 0 Å². The summed E-state index contributed by atoms with van der Waals surface area (Å²) in [6.45, 7) is 0. The molecule has 1 N–H and O–H groups in total. The SMILES string of the molecule is c1ccc2c(c1)oc1c2[nH]c2c3ccccc3oc21. The Bertz CT molecular complexity index is 977. The van der Waals surface area contributed by atoms with Gasteiger partial charge in [-0.2, -0.15) is 0 Å². The van der Waals surface area contributed by atoms with Crippen LogP contribution in [0.1, 0.15) is 0 Å². The number of furan rings is 2. The summed E-state index contributed by atoms with van der Waals surface area (Å²) < 4.78 is 11.8. The number of aromatic amines is 1. The molecule has 5 aromatic rings. The lowest BCUT2D eigenvalue weighted by atomic mass is 10.2. The van der Waals surface area contributed by atoms with Crippen molar-refractivity contribution >= 4 is 44.1 Å². The van der Waals surface area contributed by atoms with E-state index in [9.17, 15) is 0 Å². The van der Waals surface area contributed by atoms with Gasteiger partial charge in [0.05, 0.1) is 11.0 Å². The molecule has 3 aromatic heterocycles. The van der Waals surface area contributed by atoms with E-state index in [4.69, 9.17) is 8.83 Å². The highest BCUT2D eigenvalue weighted by Crippen LogP contribution is 2.38. The maximum atomic E-state index is 5.91. The number of nitrogens with one attached hydrogen (secondary N) is 1. The van der Waals surface area contributed by atoms with Gasteiger partial charge >= 0.3 is 0 Å². The Labute approximate surface area is 107 Å². The maximum Gasteiger partial charge on any atom is 0.196 e. The summed E-state index contributed by atoms with van der Waals surface area (Å²) in [6, 6.07) is 16.0. The number of H-pyrrole nitrogens is 1. The van der Waals surface area contributed by atoms with E-state index in [2.05, 4.69) is 17.1 Å². The quantitative estimate of drug-likeness (QED) is 0.426. The third-order valence-electron chi connectivity index (χ3n) is 3.65. The summed E-state index contributed by atoms with van der Waals surface area (Å²) >= 11 is 0. The monoisotopic (exact) mass is 247 g/mol. The van der Waals surface area contributed by atoms with Crippen LogP contribution in [-0.2, 0) is 0 Å². The lowest BCUT2D eigenvalue weighted by Gasteiger charge is -1.87. The highest BCUT2D eigenvalue weighted by atomic mass is 16.4. The first-order valence-corrected chi connectivity index (χ1v) is 6.22. The fourth-order valence-corrected chi connectivity index (χ4v) is 2.78. The van der Waals surface area contributed by atoms with Crippen molar-refractivity contribution in [3.63, 3.8) is 0 Å². The van der Waals surface area contributed by atoms with Crippen LogP contribution in [0.25, 0.3) is 44.1 Å². The summed E-state index contributed by atoms with van der Waals surface area (Å²) in [5, 5.41) is 2.18. The zero-order valence-corrected chi connectivity index (χ0v) is 9.94. The van der Waals surface area contributed by atoms with Crippen LogP contribution in [0.4, 0.5) is 0 Å². The Balaban J connectivity index is 2.10. The first kappa shape index (κ1) is 9.28. The summed E-state index contributed by atoms with van der Waals surface area (Å²) in [6.07, 6.45) is 0. The Morgan fingerprint density at radius 3 is 1.63 bits per heavy atom. The molecule has 0 bridgehead atoms. The number of benzene rings is 2. The first-order chi connectivity index (χ1) is 9.42. The van der Waals surface area contributed by atoms with E-state index in [0.717, 1.165) is 44.1 Å². The topological polar surface area (TPSA) is 42.1 Å². The first-order valence-electron chi connectivity index (χ1n) is 6.22. The predicted octanol–water partition coefficient (Wildman–Crippen LogP) is 4.81. The lowest BCUT2D eigenvalue weighted by molar-refractivity contribution is 0.634. The van der Waals surface area contributed by atoms with Crippen molar-refractivity contribution in [1.82, 2.24) is 4.98 Å². The van der Waals surface area contributed by atoms with Crippen molar-refractivity contribution in [3.8, 4) is 0 Å². The van der Waals surface area contributed by atoms with Crippen molar-refractivity contribution in [2.24, 2.45) is 0 Å². The molecule has 5 rings (SSSR count). The van der Waals surface area contributed by atoms with E-state index in [0.29, 0.717) is 0 Å². The second-order valence-electron chi connectivity index (χ2n) is 4.73.